The molecule has 1 heteroatoms. The first-order valence-electron chi connectivity index (χ1n) is 5.48. The standard InChI is InChI=1S/C16H14O/c1-2-14-10-11-16(17)12-15(14)9-8-13-6-4-3-5-7-13/h2-12,17H,1H2. The minimum atomic E-state index is 0.267. The van der Waals surface area contributed by atoms with Gasteiger partial charge < -0.3 is 5.11 Å². The average Bonchev–Trinajstić information content (AvgIpc) is 2.38. The molecule has 0 bridgehead atoms. The van der Waals surface area contributed by atoms with Gasteiger partial charge in [-0.1, -0.05) is 61.2 Å². The Kier molecular flexibility index (Phi) is 3.41. The Labute approximate surface area is 101 Å². The lowest BCUT2D eigenvalue weighted by Gasteiger charge is -2.01. The highest BCUT2D eigenvalue weighted by molar-refractivity contribution is 5.75. The van der Waals surface area contributed by atoms with Crippen molar-refractivity contribution in [2.75, 3.05) is 0 Å². The van der Waals surface area contributed by atoms with Crippen LogP contribution >= 0.6 is 0 Å². The summed E-state index contributed by atoms with van der Waals surface area (Å²) in [6, 6.07) is 15.3. The van der Waals surface area contributed by atoms with E-state index >= 15 is 0 Å². The van der Waals surface area contributed by atoms with Gasteiger partial charge in [-0.05, 0) is 28.8 Å². The molecule has 1 N–H and O–H groups in total. The van der Waals surface area contributed by atoms with Gasteiger partial charge in [-0.15, -0.1) is 0 Å². The Bertz CT molecular complexity index is 539. The molecule has 0 aliphatic rings. The molecule has 0 fully saturated rings. The van der Waals surface area contributed by atoms with Crippen LogP contribution in [0.3, 0.4) is 0 Å². The lowest BCUT2D eigenvalue weighted by molar-refractivity contribution is 0.475. The van der Waals surface area contributed by atoms with Gasteiger partial charge in [0, 0.05) is 0 Å². The molecule has 0 aromatic heterocycles. The molecular weight excluding hydrogens is 208 g/mol. The number of phenolic OH excluding ortho intramolecular Hbond substituents is 1. The predicted molar refractivity (Wildman–Crippen MR) is 73.6 cm³/mol. The molecule has 2 rings (SSSR count). The molecule has 0 saturated heterocycles. The molecule has 2 aromatic rings. The van der Waals surface area contributed by atoms with Crippen molar-refractivity contribution in [3.05, 3.63) is 71.8 Å². The van der Waals surface area contributed by atoms with Gasteiger partial charge in [0.2, 0.25) is 0 Å². The van der Waals surface area contributed by atoms with E-state index in [1.54, 1.807) is 18.2 Å². The summed E-state index contributed by atoms with van der Waals surface area (Å²) < 4.78 is 0. The van der Waals surface area contributed by atoms with Crippen LogP contribution in [0.25, 0.3) is 18.2 Å². The van der Waals surface area contributed by atoms with Crippen molar-refractivity contribution >= 4 is 18.2 Å². The van der Waals surface area contributed by atoms with Crippen molar-refractivity contribution in [3.63, 3.8) is 0 Å². The lowest BCUT2D eigenvalue weighted by Crippen LogP contribution is -1.79. The average molecular weight is 222 g/mol. The maximum atomic E-state index is 9.46. The Hall–Kier alpha value is -2.28. The van der Waals surface area contributed by atoms with Gasteiger partial charge in [0.05, 0.1) is 0 Å². The number of phenols is 1. The Balaban J connectivity index is 2.32. The summed E-state index contributed by atoms with van der Waals surface area (Å²) in [4.78, 5) is 0. The van der Waals surface area contributed by atoms with Gasteiger partial charge >= 0.3 is 0 Å². The highest BCUT2D eigenvalue weighted by atomic mass is 16.3. The summed E-state index contributed by atoms with van der Waals surface area (Å²) in [5.41, 5.74) is 3.10. The number of rotatable bonds is 3. The smallest absolute Gasteiger partial charge is 0.116 e. The molecule has 0 amide bonds. The van der Waals surface area contributed by atoms with E-state index in [-0.39, 0.29) is 5.75 Å². The molecule has 84 valence electrons. The van der Waals surface area contributed by atoms with E-state index in [1.807, 2.05) is 48.6 Å². The highest BCUT2D eigenvalue weighted by Gasteiger charge is 1.97. The fraction of sp³-hybridized carbons (Fsp3) is 0. The highest BCUT2D eigenvalue weighted by Crippen LogP contribution is 2.20. The molecule has 0 saturated carbocycles. The fourth-order valence-corrected chi connectivity index (χ4v) is 1.64. The molecule has 2 aromatic carbocycles. The van der Waals surface area contributed by atoms with Crippen LogP contribution in [0, 0.1) is 0 Å². The summed E-state index contributed by atoms with van der Waals surface area (Å²) in [6.45, 7) is 3.76. The third kappa shape index (κ3) is 2.85. The zero-order valence-electron chi connectivity index (χ0n) is 9.51. The number of hydrogen-bond donors (Lipinski definition) is 1. The number of aromatic hydroxyl groups is 1. The predicted octanol–water partition coefficient (Wildman–Crippen LogP) is 4.21. The van der Waals surface area contributed by atoms with Crippen LogP contribution in [0.1, 0.15) is 16.7 Å². The van der Waals surface area contributed by atoms with Gasteiger partial charge in [0.25, 0.3) is 0 Å². The molecule has 0 radical (unpaired) electrons. The Morgan fingerprint density at radius 3 is 2.35 bits per heavy atom. The normalized spacial score (nSPS) is 10.6. The number of hydrogen-bond acceptors (Lipinski definition) is 1. The third-order valence-corrected chi connectivity index (χ3v) is 2.55. The topological polar surface area (TPSA) is 20.2 Å². The largest absolute Gasteiger partial charge is 0.508 e. The van der Waals surface area contributed by atoms with Crippen LogP contribution in [-0.2, 0) is 0 Å². The van der Waals surface area contributed by atoms with Crippen molar-refractivity contribution in [3.8, 4) is 5.75 Å². The van der Waals surface area contributed by atoms with Gasteiger partial charge in [0.15, 0.2) is 0 Å². The monoisotopic (exact) mass is 222 g/mol. The second kappa shape index (κ2) is 5.17. The molecule has 17 heavy (non-hydrogen) atoms. The van der Waals surface area contributed by atoms with Crippen LogP contribution in [-0.4, -0.2) is 5.11 Å². The van der Waals surface area contributed by atoms with Crippen molar-refractivity contribution in [2.24, 2.45) is 0 Å². The van der Waals surface area contributed by atoms with Crippen LogP contribution in [0.2, 0.25) is 0 Å². The van der Waals surface area contributed by atoms with Gasteiger partial charge in [0.1, 0.15) is 5.75 Å². The van der Waals surface area contributed by atoms with Gasteiger partial charge in [-0.25, -0.2) is 0 Å². The maximum Gasteiger partial charge on any atom is 0.116 e. The van der Waals surface area contributed by atoms with Gasteiger partial charge in [-0.3, -0.25) is 0 Å². The molecular formula is C16H14O. The second-order valence-electron chi connectivity index (χ2n) is 3.76. The summed E-state index contributed by atoms with van der Waals surface area (Å²) in [5, 5.41) is 9.46. The molecule has 1 nitrogen and oxygen atoms in total. The second-order valence-corrected chi connectivity index (χ2v) is 3.76. The van der Waals surface area contributed by atoms with Crippen LogP contribution < -0.4 is 0 Å². The van der Waals surface area contributed by atoms with E-state index in [2.05, 4.69) is 6.58 Å². The van der Waals surface area contributed by atoms with Crippen molar-refractivity contribution in [1.29, 1.82) is 0 Å². The first-order chi connectivity index (χ1) is 8.29. The molecule has 0 unspecified atom stereocenters. The minimum Gasteiger partial charge on any atom is -0.508 e. The van der Waals surface area contributed by atoms with E-state index in [0.29, 0.717) is 0 Å². The van der Waals surface area contributed by atoms with E-state index in [1.165, 1.54) is 0 Å². The molecule has 0 spiro atoms. The van der Waals surface area contributed by atoms with Crippen molar-refractivity contribution in [2.45, 2.75) is 0 Å². The molecule has 0 heterocycles. The summed E-state index contributed by atoms with van der Waals surface area (Å²) >= 11 is 0. The van der Waals surface area contributed by atoms with Gasteiger partial charge in [-0.2, -0.15) is 0 Å². The molecule has 0 aliphatic heterocycles. The SMILES string of the molecule is C=Cc1ccc(O)cc1C=Cc1ccccc1. The maximum absolute atomic E-state index is 9.46. The summed E-state index contributed by atoms with van der Waals surface area (Å²) in [5.74, 6) is 0.267. The van der Waals surface area contributed by atoms with Crippen LogP contribution in [0.4, 0.5) is 0 Å². The van der Waals surface area contributed by atoms with E-state index in [4.69, 9.17) is 0 Å². The first kappa shape index (κ1) is 11.2. The van der Waals surface area contributed by atoms with E-state index < -0.39 is 0 Å². The van der Waals surface area contributed by atoms with Crippen molar-refractivity contribution < 1.29 is 5.11 Å². The number of benzene rings is 2. The van der Waals surface area contributed by atoms with E-state index in [0.717, 1.165) is 16.7 Å². The van der Waals surface area contributed by atoms with Crippen molar-refractivity contribution in [1.82, 2.24) is 0 Å². The Morgan fingerprint density at radius 1 is 0.882 bits per heavy atom. The fourth-order valence-electron chi connectivity index (χ4n) is 1.64. The zero-order valence-corrected chi connectivity index (χ0v) is 9.51. The van der Waals surface area contributed by atoms with E-state index in [9.17, 15) is 5.11 Å². The molecule has 0 atom stereocenters. The Morgan fingerprint density at radius 2 is 1.65 bits per heavy atom. The first-order valence-corrected chi connectivity index (χ1v) is 5.48. The third-order valence-electron chi connectivity index (χ3n) is 2.55. The van der Waals surface area contributed by atoms with Crippen LogP contribution in [0.5, 0.6) is 5.75 Å². The summed E-state index contributed by atoms with van der Waals surface area (Å²) in [7, 11) is 0. The zero-order chi connectivity index (χ0) is 12.1. The minimum absolute atomic E-state index is 0.267. The molecule has 0 aliphatic carbocycles. The lowest BCUT2D eigenvalue weighted by atomic mass is 10.1. The summed E-state index contributed by atoms with van der Waals surface area (Å²) in [6.07, 6.45) is 5.78. The van der Waals surface area contributed by atoms with Crippen LogP contribution in [0.15, 0.2) is 55.1 Å². The quantitative estimate of drug-likeness (QED) is 0.771.